The first-order valence-electron chi connectivity index (χ1n) is 9.77. The van der Waals surface area contributed by atoms with E-state index in [2.05, 4.69) is 15.6 Å². The summed E-state index contributed by atoms with van der Waals surface area (Å²) >= 11 is 5.38. The molecule has 0 aromatic heterocycles. The van der Waals surface area contributed by atoms with Gasteiger partial charge >= 0.3 is 0 Å². The standard InChI is InChI=1S/C24H23N3O2S/c1-14-8-4-7-11-18(14)26-23(28)20-15(2)25-24(30)27-22(20)21-17-10-6-5-9-16(17)12-13-19(21)29-3/h4-13,20,22H,1-3H3,(H,26,28)(H,27,30). The van der Waals surface area contributed by atoms with Gasteiger partial charge in [-0.15, -0.1) is 0 Å². The van der Waals surface area contributed by atoms with Crippen molar-refractivity contribution in [3.63, 3.8) is 0 Å². The summed E-state index contributed by atoms with van der Waals surface area (Å²) in [5.74, 6) is 0.0222. The summed E-state index contributed by atoms with van der Waals surface area (Å²) in [6, 6.07) is 19.3. The van der Waals surface area contributed by atoms with Crippen molar-refractivity contribution in [1.29, 1.82) is 0 Å². The second-order valence-electron chi connectivity index (χ2n) is 7.36. The summed E-state index contributed by atoms with van der Waals surface area (Å²) in [4.78, 5) is 17.8. The highest BCUT2D eigenvalue weighted by molar-refractivity contribution is 7.80. The number of aliphatic imine (C=N–C) groups is 1. The molecule has 0 saturated heterocycles. The number of amides is 1. The lowest BCUT2D eigenvalue weighted by molar-refractivity contribution is -0.118. The van der Waals surface area contributed by atoms with Crippen LogP contribution in [-0.4, -0.2) is 23.8 Å². The average molecular weight is 418 g/mol. The number of fused-ring (bicyclic) bond motifs is 1. The summed E-state index contributed by atoms with van der Waals surface area (Å²) in [5.41, 5.74) is 3.35. The minimum absolute atomic E-state index is 0.138. The lowest BCUT2D eigenvalue weighted by Crippen LogP contribution is -2.45. The molecule has 0 spiro atoms. The van der Waals surface area contributed by atoms with Crippen LogP contribution in [0, 0.1) is 12.8 Å². The Morgan fingerprint density at radius 3 is 2.57 bits per heavy atom. The molecule has 30 heavy (non-hydrogen) atoms. The molecule has 0 bridgehead atoms. The number of hydrogen-bond acceptors (Lipinski definition) is 3. The number of rotatable bonds is 4. The second kappa shape index (κ2) is 8.24. The SMILES string of the molecule is COc1ccc2ccccc2c1C1NC(=S)N=C(C)C1C(=O)Nc1ccccc1C. The lowest BCUT2D eigenvalue weighted by Gasteiger charge is -2.33. The van der Waals surface area contributed by atoms with Crippen molar-refractivity contribution in [2.24, 2.45) is 10.9 Å². The van der Waals surface area contributed by atoms with E-state index in [1.807, 2.05) is 74.5 Å². The van der Waals surface area contributed by atoms with Gasteiger partial charge < -0.3 is 15.4 Å². The van der Waals surface area contributed by atoms with E-state index in [0.29, 0.717) is 16.6 Å². The number of anilines is 1. The Labute approximate surface area is 181 Å². The van der Waals surface area contributed by atoms with E-state index in [-0.39, 0.29) is 5.91 Å². The van der Waals surface area contributed by atoms with Crippen LogP contribution in [0.2, 0.25) is 0 Å². The zero-order valence-electron chi connectivity index (χ0n) is 17.1. The van der Waals surface area contributed by atoms with E-state index < -0.39 is 12.0 Å². The second-order valence-corrected chi connectivity index (χ2v) is 7.75. The molecule has 3 aromatic carbocycles. The third-order valence-electron chi connectivity index (χ3n) is 5.49. The van der Waals surface area contributed by atoms with Crippen LogP contribution in [0.5, 0.6) is 5.75 Å². The van der Waals surface area contributed by atoms with Gasteiger partial charge in [0.2, 0.25) is 5.91 Å². The average Bonchev–Trinajstić information content (AvgIpc) is 2.73. The molecular weight excluding hydrogens is 394 g/mol. The van der Waals surface area contributed by atoms with Gasteiger partial charge in [-0.25, -0.2) is 4.99 Å². The predicted molar refractivity (Wildman–Crippen MR) is 125 cm³/mol. The van der Waals surface area contributed by atoms with Gasteiger partial charge in [-0.05, 0) is 54.5 Å². The molecule has 4 rings (SSSR count). The molecule has 1 aliphatic heterocycles. The number of nitrogens with one attached hydrogen (secondary N) is 2. The summed E-state index contributed by atoms with van der Waals surface area (Å²) in [6.45, 7) is 3.82. The molecule has 1 heterocycles. The number of carbonyl (C=O) groups is 1. The maximum atomic E-state index is 13.4. The fourth-order valence-corrected chi connectivity index (χ4v) is 4.27. The van der Waals surface area contributed by atoms with Crippen LogP contribution in [0.4, 0.5) is 5.69 Å². The van der Waals surface area contributed by atoms with Crippen molar-refractivity contribution < 1.29 is 9.53 Å². The van der Waals surface area contributed by atoms with Crippen molar-refractivity contribution in [2.45, 2.75) is 19.9 Å². The Hall–Kier alpha value is -3.25. The Bertz CT molecular complexity index is 1170. The highest BCUT2D eigenvalue weighted by Crippen LogP contribution is 2.39. The van der Waals surface area contributed by atoms with Crippen LogP contribution in [0.3, 0.4) is 0 Å². The Morgan fingerprint density at radius 1 is 1.07 bits per heavy atom. The number of aryl methyl sites for hydroxylation is 1. The minimum Gasteiger partial charge on any atom is -0.496 e. The maximum Gasteiger partial charge on any atom is 0.235 e. The van der Waals surface area contributed by atoms with E-state index in [4.69, 9.17) is 17.0 Å². The zero-order valence-corrected chi connectivity index (χ0v) is 17.9. The van der Waals surface area contributed by atoms with Gasteiger partial charge in [-0.2, -0.15) is 0 Å². The first-order valence-corrected chi connectivity index (χ1v) is 10.2. The maximum absolute atomic E-state index is 13.4. The molecule has 2 unspecified atom stereocenters. The van der Waals surface area contributed by atoms with Crippen molar-refractivity contribution in [3.05, 3.63) is 71.8 Å². The molecule has 5 nitrogen and oxygen atoms in total. The molecule has 0 fully saturated rings. The summed E-state index contributed by atoms with van der Waals surface area (Å²) in [7, 11) is 1.64. The van der Waals surface area contributed by atoms with E-state index in [9.17, 15) is 4.79 Å². The van der Waals surface area contributed by atoms with Gasteiger partial charge in [0, 0.05) is 17.0 Å². The van der Waals surface area contributed by atoms with Crippen molar-refractivity contribution in [3.8, 4) is 5.75 Å². The van der Waals surface area contributed by atoms with Crippen LogP contribution in [0.1, 0.15) is 24.1 Å². The predicted octanol–water partition coefficient (Wildman–Crippen LogP) is 4.80. The number of para-hydroxylation sites is 1. The zero-order chi connectivity index (χ0) is 21.3. The Kier molecular flexibility index (Phi) is 5.50. The normalized spacial score (nSPS) is 18.5. The largest absolute Gasteiger partial charge is 0.496 e. The molecule has 6 heteroatoms. The lowest BCUT2D eigenvalue weighted by atomic mass is 9.84. The highest BCUT2D eigenvalue weighted by Gasteiger charge is 2.38. The molecular formula is C24H23N3O2S. The van der Waals surface area contributed by atoms with Crippen LogP contribution in [0.25, 0.3) is 10.8 Å². The first kappa shape index (κ1) is 20.0. The molecule has 0 saturated carbocycles. The number of hydrogen-bond donors (Lipinski definition) is 2. The molecule has 0 aliphatic carbocycles. The summed E-state index contributed by atoms with van der Waals surface area (Å²) in [5, 5.41) is 8.78. The fraction of sp³-hybridized carbons (Fsp3) is 0.208. The topological polar surface area (TPSA) is 62.7 Å². The monoisotopic (exact) mass is 417 g/mol. The van der Waals surface area contributed by atoms with Crippen molar-refractivity contribution in [2.75, 3.05) is 12.4 Å². The number of methoxy groups -OCH3 is 1. The van der Waals surface area contributed by atoms with Gasteiger partial charge in [-0.3, -0.25) is 4.79 Å². The van der Waals surface area contributed by atoms with Crippen LogP contribution < -0.4 is 15.4 Å². The number of thiocarbonyl (C=S) groups is 1. The van der Waals surface area contributed by atoms with Crippen LogP contribution in [0.15, 0.2) is 65.7 Å². The van der Waals surface area contributed by atoms with Crippen LogP contribution in [-0.2, 0) is 4.79 Å². The molecule has 0 radical (unpaired) electrons. The number of carbonyl (C=O) groups excluding carboxylic acids is 1. The molecule has 3 aromatic rings. The molecule has 2 N–H and O–H groups in total. The first-order chi connectivity index (χ1) is 14.5. The number of nitrogens with zero attached hydrogens (tertiary/aromatic N) is 1. The van der Waals surface area contributed by atoms with Gasteiger partial charge in [0.1, 0.15) is 11.7 Å². The van der Waals surface area contributed by atoms with E-state index in [1.165, 1.54) is 0 Å². The Balaban J connectivity index is 1.83. The highest BCUT2D eigenvalue weighted by atomic mass is 32.1. The molecule has 1 amide bonds. The minimum atomic E-state index is -0.545. The van der Waals surface area contributed by atoms with Gasteiger partial charge in [0.05, 0.1) is 13.2 Å². The molecule has 152 valence electrons. The van der Waals surface area contributed by atoms with E-state index >= 15 is 0 Å². The molecule has 1 aliphatic rings. The fourth-order valence-electron chi connectivity index (χ4n) is 4.00. The van der Waals surface area contributed by atoms with E-state index in [1.54, 1.807) is 7.11 Å². The van der Waals surface area contributed by atoms with Crippen LogP contribution >= 0.6 is 12.2 Å². The number of benzene rings is 3. The van der Waals surface area contributed by atoms with E-state index in [0.717, 1.165) is 27.6 Å². The number of ether oxygens (including phenoxy) is 1. The van der Waals surface area contributed by atoms with Crippen molar-refractivity contribution in [1.82, 2.24) is 5.32 Å². The quantitative estimate of drug-likeness (QED) is 0.599. The van der Waals surface area contributed by atoms with Gasteiger partial charge in [0.25, 0.3) is 0 Å². The molecule has 2 atom stereocenters. The summed E-state index contributed by atoms with van der Waals surface area (Å²) in [6.07, 6.45) is 0. The third-order valence-corrected chi connectivity index (χ3v) is 5.70. The van der Waals surface area contributed by atoms with Crippen molar-refractivity contribution >= 4 is 45.4 Å². The summed E-state index contributed by atoms with van der Waals surface area (Å²) < 4.78 is 5.69. The van der Waals surface area contributed by atoms with Gasteiger partial charge in [0.15, 0.2) is 5.11 Å². The van der Waals surface area contributed by atoms with Gasteiger partial charge in [-0.1, -0.05) is 48.5 Å². The Morgan fingerprint density at radius 2 is 1.80 bits per heavy atom. The smallest absolute Gasteiger partial charge is 0.235 e. The third kappa shape index (κ3) is 3.66.